The van der Waals surface area contributed by atoms with Gasteiger partial charge in [0.2, 0.25) is 5.91 Å². The van der Waals surface area contributed by atoms with Gasteiger partial charge in [-0.3, -0.25) is 4.79 Å². The number of hydrogen-bond acceptors (Lipinski definition) is 3. The van der Waals surface area contributed by atoms with Crippen molar-refractivity contribution in [3.8, 4) is 0 Å². The molecule has 1 amide bonds. The first-order valence-electron chi connectivity index (χ1n) is 6.87. The van der Waals surface area contributed by atoms with E-state index in [1.54, 1.807) is 6.08 Å². The van der Waals surface area contributed by atoms with Crippen LogP contribution >= 0.6 is 0 Å². The Labute approximate surface area is 118 Å². The third kappa shape index (κ3) is 3.26. The van der Waals surface area contributed by atoms with E-state index in [1.807, 2.05) is 37.3 Å². The molecule has 2 rings (SSSR count). The largest absolute Gasteiger partial charge is 0.550 e. The van der Waals surface area contributed by atoms with E-state index >= 15 is 0 Å². The van der Waals surface area contributed by atoms with Crippen molar-refractivity contribution in [1.82, 2.24) is 0 Å². The lowest BCUT2D eigenvalue weighted by Crippen LogP contribution is -2.41. The molecular formula is C16H18NO3-. The van der Waals surface area contributed by atoms with Gasteiger partial charge >= 0.3 is 0 Å². The number of nitrogens with one attached hydrogen (secondary N) is 1. The molecule has 0 fully saturated rings. The van der Waals surface area contributed by atoms with Gasteiger partial charge in [0.1, 0.15) is 0 Å². The highest BCUT2D eigenvalue weighted by Crippen LogP contribution is 2.26. The lowest BCUT2D eigenvalue weighted by atomic mass is 9.82. The molecule has 1 N–H and O–H groups in total. The van der Waals surface area contributed by atoms with Crippen molar-refractivity contribution >= 4 is 17.6 Å². The molecule has 1 aliphatic rings. The van der Waals surface area contributed by atoms with Gasteiger partial charge in [-0.15, -0.1) is 0 Å². The van der Waals surface area contributed by atoms with E-state index < -0.39 is 17.8 Å². The molecule has 0 saturated carbocycles. The van der Waals surface area contributed by atoms with Gasteiger partial charge < -0.3 is 15.2 Å². The summed E-state index contributed by atoms with van der Waals surface area (Å²) in [7, 11) is 0. The highest BCUT2D eigenvalue weighted by molar-refractivity contribution is 5.95. The van der Waals surface area contributed by atoms with E-state index in [9.17, 15) is 14.7 Å². The first-order chi connectivity index (χ1) is 9.61. The van der Waals surface area contributed by atoms with E-state index in [4.69, 9.17) is 0 Å². The number of amides is 1. The molecule has 0 radical (unpaired) electrons. The number of carboxylic acids is 1. The molecule has 1 aromatic carbocycles. The molecular weight excluding hydrogens is 254 g/mol. The minimum atomic E-state index is -1.16. The van der Waals surface area contributed by atoms with E-state index in [0.29, 0.717) is 18.5 Å². The number of rotatable bonds is 4. The van der Waals surface area contributed by atoms with Crippen LogP contribution in [0.25, 0.3) is 0 Å². The number of carboxylic acid groups (broad SMARTS) is 1. The fourth-order valence-corrected chi connectivity index (χ4v) is 2.47. The van der Waals surface area contributed by atoms with Crippen LogP contribution in [0.1, 0.15) is 25.3 Å². The van der Waals surface area contributed by atoms with Crippen LogP contribution in [0.5, 0.6) is 0 Å². The summed E-state index contributed by atoms with van der Waals surface area (Å²) in [5.74, 6) is -2.71. The van der Waals surface area contributed by atoms with Crippen molar-refractivity contribution in [3.05, 3.63) is 42.0 Å². The topological polar surface area (TPSA) is 69.2 Å². The lowest BCUT2D eigenvalue weighted by Gasteiger charge is -2.28. The number of carbonyl (C=O) groups is 2. The Morgan fingerprint density at radius 2 is 1.95 bits per heavy atom. The first kappa shape index (κ1) is 14.3. The molecule has 0 aromatic heterocycles. The Morgan fingerprint density at radius 1 is 1.25 bits per heavy atom. The van der Waals surface area contributed by atoms with Gasteiger partial charge in [0.15, 0.2) is 0 Å². The van der Waals surface area contributed by atoms with Gasteiger partial charge in [-0.1, -0.05) is 31.2 Å². The van der Waals surface area contributed by atoms with Gasteiger partial charge in [-0.2, -0.15) is 0 Å². The number of benzene rings is 1. The van der Waals surface area contributed by atoms with Gasteiger partial charge in [0.25, 0.3) is 0 Å². The summed E-state index contributed by atoms with van der Waals surface area (Å²) in [6, 6.07) is 7.59. The maximum absolute atomic E-state index is 12.2. The molecule has 20 heavy (non-hydrogen) atoms. The number of allylic oxidation sites excluding steroid dienone is 2. The lowest BCUT2D eigenvalue weighted by molar-refractivity contribution is -0.313. The van der Waals surface area contributed by atoms with Gasteiger partial charge in [-0.25, -0.2) is 0 Å². The summed E-state index contributed by atoms with van der Waals surface area (Å²) in [5.41, 5.74) is 1.84. The van der Waals surface area contributed by atoms with Crippen LogP contribution in [0.4, 0.5) is 5.69 Å². The highest BCUT2D eigenvalue weighted by atomic mass is 16.4. The zero-order chi connectivity index (χ0) is 14.5. The Bertz CT molecular complexity index is 536. The van der Waals surface area contributed by atoms with Crippen molar-refractivity contribution in [1.29, 1.82) is 0 Å². The minimum Gasteiger partial charge on any atom is -0.550 e. The van der Waals surface area contributed by atoms with Crippen molar-refractivity contribution in [2.75, 3.05) is 5.32 Å². The third-order valence-electron chi connectivity index (χ3n) is 3.67. The molecule has 0 saturated heterocycles. The van der Waals surface area contributed by atoms with Crippen LogP contribution in [0.15, 0.2) is 36.4 Å². The Balaban J connectivity index is 2.10. The Hall–Kier alpha value is -2.10. The van der Waals surface area contributed by atoms with E-state index in [2.05, 4.69) is 5.32 Å². The quantitative estimate of drug-likeness (QED) is 0.845. The summed E-state index contributed by atoms with van der Waals surface area (Å²) in [6.45, 7) is 2.04. The fourth-order valence-electron chi connectivity index (χ4n) is 2.47. The van der Waals surface area contributed by atoms with Crippen LogP contribution in [0, 0.1) is 11.8 Å². The van der Waals surface area contributed by atoms with Crippen LogP contribution < -0.4 is 10.4 Å². The SMILES string of the molecule is CCc1cccc(NC(=O)[C@@H]2CC=CC[C@H]2C(=O)[O-])c1. The average Bonchev–Trinajstić information content (AvgIpc) is 2.47. The zero-order valence-electron chi connectivity index (χ0n) is 11.5. The molecule has 0 unspecified atom stereocenters. The minimum absolute atomic E-state index is 0.253. The van der Waals surface area contributed by atoms with E-state index in [0.717, 1.165) is 12.0 Å². The molecule has 0 aliphatic heterocycles. The second kappa shape index (κ2) is 6.37. The maximum atomic E-state index is 12.2. The van der Waals surface area contributed by atoms with Gasteiger partial charge in [-0.05, 0) is 37.0 Å². The van der Waals surface area contributed by atoms with Crippen molar-refractivity contribution in [3.63, 3.8) is 0 Å². The highest BCUT2D eigenvalue weighted by Gasteiger charge is 2.29. The zero-order valence-corrected chi connectivity index (χ0v) is 11.5. The van der Waals surface area contributed by atoms with E-state index in [1.165, 1.54) is 0 Å². The number of anilines is 1. The third-order valence-corrected chi connectivity index (χ3v) is 3.67. The van der Waals surface area contributed by atoms with Gasteiger partial charge in [0.05, 0.1) is 5.92 Å². The Morgan fingerprint density at radius 3 is 2.60 bits per heavy atom. The number of carbonyl (C=O) groups excluding carboxylic acids is 2. The second-order valence-electron chi connectivity index (χ2n) is 5.02. The van der Waals surface area contributed by atoms with Crippen LogP contribution in [0.3, 0.4) is 0 Å². The van der Waals surface area contributed by atoms with Crippen LogP contribution in [-0.2, 0) is 16.0 Å². The number of aliphatic carboxylic acids is 1. The Kier molecular flexibility index (Phi) is 4.56. The predicted molar refractivity (Wildman–Crippen MR) is 74.8 cm³/mol. The summed E-state index contributed by atoms with van der Waals surface area (Å²) in [4.78, 5) is 23.3. The first-order valence-corrected chi connectivity index (χ1v) is 6.87. The molecule has 4 heteroatoms. The molecule has 0 bridgehead atoms. The average molecular weight is 272 g/mol. The smallest absolute Gasteiger partial charge is 0.228 e. The standard InChI is InChI=1S/C16H19NO3/c1-2-11-6-5-7-12(10-11)17-15(18)13-8-3-4-9-14(13)16(19)20/h3-7,10,13-14H,2,8-9H2,1H3,(H,17,18)(H,19,20)/p-1/t13-,14-/m1/s1. The van der Waals surface area contributed by atoms with Crippen molar-refractivity contribution in [2.45, 2.75) is 26.2 Å². The summed E-state index contributed by atoms with van der Waals surface area (Å²) in [6.07, 6.45) is 5.33. The number of hydrogen-bond donors (Lipinski definition) is 1. The summed E-state index contributed by atoms with van der Waals surface area (Å²) >= 11 is 0. The molecule has 2 atom stereocenters. The van der Waals surface area contributed by atoms with E-state index in [-0.39, 0.29) is 5.91 Å². The normalized spacial score (nSPS) is 21.4. The monoisotopic (exact) mass is 272 g/mol. The molecule has 4 nitrogen and oxygen atoms in total. The van der Waals surface area contributed by atoms with Gasteiger partial charge in [0, 0.05) is 17.6 Å². The maximum Gasteiger partial charge on any atom is 0.228 e. The summed E-state index contributed by atoms with van der Waals surface area (Å²) in [5, 5.41) is 13.9. The predicted octanol–water partition coefficient (Wildman–Crippen LogP) is 1.52. The molecule has 1 aromatic rings. The number of aryl methyl sites for hydroxylation is 1. The van der Waals surface area contributed by atoms with Crippen molar-refractivity contribution in [2.24, 2.45) is 11.8 Å². The van der Waals surface area contributed by atoms with Crippen LogP contribution in [-0.4, -0.2) is 11.9 Å². The molecule has 0 heterocycles. The molecule has 0 spiro atoms. The second-order valence-corrected chi connectivity index (χ2v) is 5.02. The fraction of sp³-hybridized carbons (Fsp3) is 0.375. The van der Waals surface area contributed by atoms with Crippen LogP contribution in [0.2, 0.25) is 0 Å². The van der Waals surface area contributed by atoms with Crippen molar-refractivity contribution < 1.29 is 14.7 Å². The molecule has 1 aliphatic carbocycles. The molecule has 106 valence electrons. The summed E-state index contributed by atoms with van der Waals surface area (Å²) < 4.78 is 0.